The van der Waals surface area contributed by atoms with Crippen molar-refractivity contribution in [1.29, 1.82) is 0 Å². The number of aromatic nitrogens is 2. The molecule has 2 heterocycles. The van der Waals surface area contributed by atoms with Crippen molar-refractivity contribution in [1.82, 2.24) is 15.0 Å². The summed E-state index contributed by atoms with van der Waals surface area (Å²) in [5.41, 5.74) is 7.54. The lowest BCUT2D eigenvalue weighted by Gasteiger charge is -2.15. The maximum atomic E-state index is 14.6. The van der Waals surface area contributed by atoms with Crippen LogP contribution in [0, 0.1) is 15.9 Å². The molecule has 0 bridgehead atoms. The van der Waals surface area contributed by atoms with E-state index >= 15 is 0 Å². The van der Waals surface area contributed by atoms with Gasteiger partial charge in [0, 0.05) is 17.3 Å². The number of nitrogens with two attached hydrogens (primary N) is 1. The van der Waals surface area contributed by atoms with E-state index in [1.54, 1.807) is 6.92 Å². The number of amides is 2. The minimum Gasteiger partial charge on any atom is -0.399 e. The zero-order valence-corrected chi connectivity index (χ0v) is 20.9. The molecule has 14 heteroatoms. The van der Waals surface area contributed by atoms with Gasteiger partial charge in [0.1, 0.15) is 11.8 Å². The Morgan fingerprint density at radius 2 is 1.87 bits per heavy atom. The van der Waals surface area contributed by atoms with Crippen LogP contribution in [0.1, 0.15) is 59.2 Å². The zero-order chi connectivity index (χ0) is 28.3. The molecular formula is C25H24FN7O6. The van der Waals surface area contributed by atoms with E-state index in [0.717, 1.165) is 23.3 Å². The summed E-state index contributed by atoms with van der Waals surface area (Å²) in [6.07, 6.45) is 1.58. The van der Waals surface area contributed by atoms with E-state index in [2.05, 4.69) is 20.8 Å². The second kappa shape index (κ2) is 11.2. The van der Waals surface area contributed by atoms with Crippen LogP contribution in [0.5, 0.6) is 0 Å². The van der Waals surface area contributed by atoms with Crippen molar-refractivity contribution >= 4 is 34.7 Å². The quantitative estimate of drug-likeness (QED) is 0.178. The van der Waals surface area contributed by atoms with Crippen LogP contribution in [0.25, 0.3) is 0 Å². The molecule has 0 unspecified atom stereocenters. The Hall–Kier alpha value is -4.98. The Bertz CT molecular complexity index is 1540. The Balaban J connectivity index is 1.42. The number of carbonyl (C=O) groups is 2. The van der Waals surface area contributed by atoms with E-state index in [1.165, 1.54) is 36.4 Å². The lowest BCUT2D eigenvalue weighted by molar-refractivity contribution is -0.385. The fourth-order valence-corrected chi connectivity index (χ4v) is 3.92. The number of hydrogen-bond acceptors (Lipinski definition) is 9. The first-order valence-electron chi connectivity index (χ1n) is 11.8. The van der Waals surface area contributed by atoms with Crippen LogP contribution in [-0.2, 0) is 4.74 Å². The summed E-state index contributed by atoms with van der Waals surface area (Å²) in [5, 5.41) is 17.5. The Morgan fingerprint density at radius 3 is 2.51 bits per heavy atom. The van der Waals surface area contributed by atoms with Gasteiger partial charge in [0.05, 0.1) is 22.9 Å². The van der Waals surface area contributed by atoms with Crippen LogP contribution in [-0.4, -0.2) is 38.1 Å². The van der Waals surface area contributed by atoms with Crippen molar-refractivity contribution < 1.29 is 23.6 Å². The molecule has 0 radical (unpaired) electrons. The van der Waals surface area contributed by atoms with Gasteiger partial charge in [-0.2, -0.15) is 10.1 Å². The molecule has 39 heavy (non-hydrogen) atoms. The molecule has 1 saturated heterocycles. The van der Waals surface area contributed by atoms with Gasteiger partial charge in [-0.3, -0.25) is 24.3 Å². The lowest BCUT2D eigenvalue weighted by atomic mass is 10.1. The highest BCUT2D eigenvalue weighted by atomic mass is 19.1. The fourth-order valence-electron chi connectivity index (χ4n) is 3.92. The maximum Gasteiger partial charge on any atom is 0.351 e. The first kappa shape index (κ1) is 27.1. The maximum absolute atomic E-state index is 14.6. The van der Waals surface area contributed by atoms with Gasteiger partial charge >= 0.3 is 5.69 Å². The number of nitrogen functional groups attached to an aromatic ring is 1. The van der Waals surface area contributed by atoms with Crippen molar-refractivity contribution in [3.8, 4) is 0 Å². The molecule has 4 rings (SSSR count). The summed E-state index contributed by atoms with van der Waals surface area (Å²) in [4.78, 5) is 51.5. The third-order valence-electron chi connectivity index (χ3n) is 6.01. The van der Waals surface area contributed by atoms with E-state index in [-0.39, 0.29) is 22.9 Å². The summed E-state index contributed by atoms with van der Waals surface area (Å²) in [5.74, 6) is -2.90. The third kappa shape index (κ3) is 6.13. The minimum absolute atomic E-state index is 0.0533. The van der Waals surface area contributed by atoms with E-state index in [9.17, 15) is 28.9 Å². The zero-order valence-electron chi connectivity index (χ0n) is 20.9. The number of benzene rings is 2. The van der Waals surface area contributed by atoms with E-state index in [0.29, 0.717) is 17.7 Å². The fraction of sp³-hybridized carbons (Fsp3) is 0.240. The van der Waals surface area contributed by atoms with Crippen LogP contribution in [0.3, 0.4) is 0 Å². The molecule has 1 fully saturated rings. The van der Waals surface area contributed by atoms with Crippen LogP contribution < -0.4 is 22.2 Å². The molecule has 202 valence electrons. The highest BCUT2D eigenvalue weighted by Gasteiger charge is 2.26. The highest BCUT2D eigenvalue weighted by molar-refractivity contribution is 6.05. The van der Waals surface area contributed by atoms with Crippen LogP contribution in [0.2, 0.25) is 0 Å². The molecule has 1 aromatic heterocycles. The number of nitro groups is 1. The number of nitrogens with zero attached hydrogens (tertiary/aromatic N) is 4. The largest absolute Gasteiger partial charge is 0.399 e. The van der Waals surface area contributed by atoms with Gasteiger partial charge < -0.3 is 15.8 Å². The second-order valence-electron chi connectivity index (χ2n) is 8.81. The smallest absolute Gasteiger partial charge is 0.351 e. The molecular weight excluding hydrogens is 513 g/mol. The molecule has 1 aliphatic rings. The Labute approximate surface area is 220 Å². The summed E-state index contributed by atoms with van der Waals surface area (Å²) in [6, 6.07) is 9.60. The van der Waals surface area contributed by atoms with Gasteiger partial charge in [0.25, 0.3) is 17.5 Å². The Kier molecular flexibility index (Phi) is 7.76. The summed E-state index contributed by atoms with van der Waals surface area (Å²) in [6.45, 7) is 3.43. The number of hydrazone groups is 1. The molecule has 13 nitrogen and oxygen atoms in total. The molecule has 0 saturated carbocycles. The van der Waals surface area contributed by atoms with Crippen LogP contribution >= 0.6 is 0 Å². The van der Waals surface area contributed by atoms with Gasteiger partial charge in [0.15, 0.2) is 11.6 Å². The summed E-state index contributed by atoms with van der Waals surface area (Å²) < 4.78 is 21.2. The SMILES string of the molecule is C/C(=N\NC(=O)c1ccc(N)cc1[N+](=O)[O-])c1ccc(C(=O)Nc2nc(=O)n([C@H]3CC[C@@H](C)O3)cc2F)cc1. The predicted molar refractivity (Wildman–Crippen MR) is 139 cm³/mol. The first-order chi connectivity index (χ1) is 18.5. The molecule has 2 atom stereocenters. The van der Waals surface area contributed by atoms with Gasteiger partial charge in [-0.25, -0.2) is 14.6 Å². The number of hydrogen-bond donors (Lipinski definition) is 3. The lowest BCUT2D eigenvalue weighted by Crippen LogP contribution is -2.29. The number of halogens is 1. The van der Waals surface area contributed by atoms with Crippen LogP contribution in [0.15, 0.2) is 58.6 Å². The van der Waals surface area contributed by atoms with Crippen LogP contribution in [0.4, 0.5) is 21.6 Å². The monoisotopic (exact) mass is 537 g/mol. The molecule has 0 aliphatic carbocycles. The number of carbonyl (C=O) groups excluding carboxylic acids is 2. The van der Waals surface area contributed by atoms with Gasteiger partial charge in [-0.1, -0.05) is 12.1 Å². The number of anilines is 2. The predicted octanol–water partition coefficient (Wildman–Crippen LogP) is 2.98. The van der Waals surface area contributed by atoms with Crippen molar-refractivity contribution in [3.63, 3.8) is 0 Å². The van der Waals surface area contributed by atoms with Crippen molar-refractivity contribution in [2.75, 3.05) is 11.1 Å². The number of nitrogens with one attached hydrogen (secondary N) is 2. The molecule has 4 N–H and O–H groups in total. The normalized spacial score (nSPS) is 17.1. The first-order valence-corrected chi connectivity index (χ1v) is 11.8. The summed E-state index contributed by atoms with van der Waals surface area (Å²) in [7, 11) is 0. The van der Waals surface area contributed by atoms with E-state index in [4.69, 9.17) is 10.5 Å². The average molecular weight is 538 g/mol. The van der Waals surface area contributed by atoms with Gasteiger partial charge in [-0.05, 0) is 56.5 Å². The van der Waals surface area contributed by atoms with Crippen molar-refractivity contribution in [2.45, 2.75) is 39.0 Å². The minimum atomic E-state index is -0.886. The van der Waals surface area contributed by atoms with Gasteiger partial charge in [-0.15, -0.1) is 0 Å². The van der Waals surface area contributed by atoms with E-state index < -0.39 is 46.0 Å². The number of rotatable bonds is 7. The second-order valence-corrected chi connectivity index (χ2v) is 8.81. The van der Waals surface area contributed by atoms with Crippen molar-refractivity contribution in [3.05, 3.63) is 91.8 Å². The molecule has 2 amide bonds. The molecule has 3 aromatic rings. The molecule has 2 aromatic carbocycles. The molecule has 0 spiro atoms. The van der Waals surface area contributed by atoms with Gasteiger partial charge in [0.2, 0.25) is 0 Å². The van der Waals surface area contributed by atoms with Crippen molar-refractivity contribution in [2.24, 2.45) is 5.10 Å². The average Bonchev–Trinajstić information content (AvgIpc) is 3.34. The standard InChI is InChI=1S/C25H24FN7O6/c1-13-3-10-21(39-13)32-12-19(26)22(29-25(32)36)28-23(34)16-6-4-15(5-7-16)14(2)30-31-24(35)18-9-8-17(27)11-20(18)33(37)38/h4-9,11-13,21H,3,10,27H2,1-2H3,(H,31,35)(H,28,29,34,36)/b30-14+/t13-,21-/m1/s1. The topological polar surface area (TPSA) is 184 Å². The number of ether oxygens (including phenoxy) is 1. The highest BCUT2D eigenvalue weighted by Crippen LogP contribution is 2.27. The Morgan fingerprint density at radius 1 is 1.18 bits per heavy atom. The third-order valence-corrected chi connectivity index (χ3v) is 6.01. The molecule has 1 aliphatic heterocycles. The van der Waals surface area contributed by atoms with E-state index in [1.807, 2.05) is 6.92 Å². The summed E-state index contributed by atoms with van der Waals surface area (Å²) >= 11 is 0. The number of nitro benzene ring substituents is 1.